The first kappa shape index (κ1) is 18.4. The third kappa shape index (κ3) is 4.35. The van der Waals surface area contributed by atoms with E-state index in [1.165, 1.54) is 0 Å². The van der Waals surface area contributed by atoms with Crippen molar-refractivity contribution in [3.05, 3.63) is 17.5 Å². The summed E-state index contributed by atoms with van der Waals surface area (Å²) in [5.41, 5.74) is 6.93. The summed E-state index contributed by atoms with van der Waals surface area (Å²) in [5, 5.41) is 7.27. The molecule has 3 N–H and O–H groups in total. The Kier molecular flexibility index (Phi) is 6.36. The number of nitrogens with one attached hydrogen (secondary N) is 1. The van der Waals surface area contributed by atoms with Crippen LogP contribution in [0, 0.1) is 0 Å². The van der Waals surface area contributed by atoms with Crippen LogP contribution in [-0.2, 0) is 11.8 Å². The van der Waals surface area contributed by atoms with E-state index in [0.29, 0.717) is 37.7 Å². The molecule has 1 aromatic rings. The van der Waals surface area contributed by atoms with E-state index in [-0.39, 0.29) is 17.9 Å². The first-order chi connectivity index (χ1) is 11.4. The Morgan fingerprint density at radius 3 is 2.79 bits per heavy atom. The van der Waals surface area contributed by atoms with Gasteiger partial charge < -0.3 is 16.0 Å². The van der Waals surface area contributed by atoms with Gasteiger partial charge in [0.15, 0.2) is 5.69 Å². The van der Waals surface area contributed by atoms with Crippen LogP contribution in [0.2, 0.25) is 0 Å². The molecule has 0 aromatic carbocycles. The van der Waals surface area contributed by atoms with Crippen molar-refractivity contribution >= 4 is 11.8 Å². The third-order valence-electron chi connectivity index (χ3n) is 4.52. The minimum absolute atomic E-state index is 0.0254. The molecule has 1 aliphatic rings. The van der Waals surface area contributed by atoms with Crippen molar-refractivity contribution < 1.29 is 9.59 Å². The summed E-state index contributed by atoms with van der Waals surface area (Å²) in [7, 11) is 1.87. The maximum atomic E-state index is 12.9. The molecule has 1 fully saturated rings. The molecular weight excluding hydrogens is 306 g/mol. The highest BCUT2D eigenvalue weighted by Gasteiger charge is 2.29. The molecule has 2 amide bonds. The Hall–Kier alpha value is -1.89. The number of aryl methyl sites for hydroxylation is 1. The summed E-state index contributed by atoms with van der Waals surface area (Å²) in [6.07, 6.45) is 3.28. The second-order valence-corrected chi connectivity index (χ2v) is 6.72. The second kappa shape index (κ2) is 8.28. The molecule has 2 heterocycles. The van der Waals surface area contributed by atoms with Gasteiger partial charge in [0.05, 0.1) is 0 Å². The minimum Gasteiger partial charge on any atom is -0.354 e. The highest BCUT2D eigenvalue weighted by atomic mass is 16.2. The number of piperidine rings is 1. The largest absolute Gasteiger partial charge is 0.354 e. The number of amides is 2. The summed E-state index contributed by atoms with van der Waals surface area (Å²) in [5.74, 6) is 0.211. The van der Waals surface area contributed by atoms with Crippen molar-refractivity contribution in [3.8, 4) is 0 Å². The Morgan fingerprint density at radius 1 is 1.42 bits per heavy atom. The van der Waals surface area contributed by atoms with Crippen molar-refractivity contribution in [3.63, 3.8) is 0 Å². The van der Waals surface area contributed by atoms with Gasteiger partial charge in [-0.3, -0.25) is 14.3 Å². The zero-order valence-electron chi connectivity index (χ0n) is 14.9. The number of nitrogens with two attached hydrogens (primary N) is 1. The van der Waals surface area contributed by atoms with Crippen LogP contribution in [0.3, 0.4) is 0 Å². The zero-order chi connectivity index (χ0) is 17.7. The van der Waals surface area contributed by atoms with Crippen LogP contribution < -0.4 is 11.1 Å². The number of rotatable bonds is 6. The number of aromatic nitrogens is 2. The van der Waals surface area contributed by atoms with Crippen LogP contribution in [0.5, 0.6) is 0 Å². The van der Waals surface area contributed by atoms with E-state index in [0.717, 1.165) is 25.0 Å². The van der Waals surface area contributed by atoms with Crippen LogP contribution in [0.1, 0.15) is 61.6 Å². The normalized spacial score (nSPS) is 18.0. The average Bonchev–Trinajstić information content (AvgIpc) is 2.95. The van der Waals surface area contributed by atoms with Gasteiger partial charge in [-0.2, -0.15) is 5.10 Å². The smallest absolute Gasteiger partial charge is 0.274 e. The van der Waals surface area contributed by atoms with Crippen LogP contribution >= 0.6 is 0 Å². The van der Waals surface area contributed by atoms with Gasteiger partial charge >= 0.3 is 0 Å². The van der Waals surface area contributed by atoms with E-state index in [2.05, 4.69) is 24.3 Å². The second-order valence-electron chi connectivity index (χ2n) is 6.72. The molecule has 24 heavy (non-hydrogen) atoms. The lowest BCUT2D eigenvalue weighted by Crippen LogP contribution is -2.49. The third-order valence-corrected chi connectivity index (χ3v) is 4.52. The first-order valence-electron chi connectivity index (χ1n) is 8.75. The highest BCUT2D eigenvalue weighted by molar-refractivity contribution is 5.92. The molecule has 134 valence electrons. The molecule has 0 spiro atoms. The fourth-order valence-electron chi connectivity index (χ4n) is 3.20. The number of likely N-dealkylation sites (tertiary alicyclic amines) is 1. The van der Waals surface area contributed by atoms with Crippen LogP contribution in [0.25, 0.3) is 0 Å². The van der Waals surface area contributed by atoms with Gasteiger partial charge in [0.1, 0.15) is 0 Å². The molecule has 0 saturated carbocycles. The zero-order valence-corrected chi connectivity index (χ0v) is 14.9. The molecule has 1 unspecified atom stereocenters. The lowest BCUT2D eigenvalue weighted by Gasteiger charge is -2.35. The van der Waals surface area contributed by atoms with Crippen LogP contribution in [-0.4, -0.2) is 52.2 Å². The molecule has 0 bridgehead atoms. The molecular formula is C17H29N5O2. The predicted molar refractivity (Wildman–Crippen MR) is 92.7 cm³/mol. The summed E-state index contributed by atoms with van der Waals surface area (Å²) in [4.78, 5) is 26.4. The predicted octanol–water partition coefficient (Wildman–Crippen LogP) is 1.00. The van der Waals surface area contributed by atoms with Gasteiger partial charge in [-0.25, -0.2) is 0 Å². The summed E-state index contributed by atoms with van der Waals surface area (Å²) >= 11 is 0. The minimum atomic E-state index is -0.0598. The van der Waals surface area contributed by atoms with Crippen molar-refractivity contribution in [2.75, 3.05) is 19.6 Å². The first-order valence-corrected chi connectivity index (χ1v) is 8.75. The standard InChI is InChI=1S/C17H29N5O2/c1-12(2)15-10-14(20-21(15)3)17(24)22-9-5-4-6-13(22)11-19-16(23)7-8-18/h10,12-13H,4-9,11,18H2,1-3H3,(H,19,23). The number of carbonyl (C=O) groups is 2. The van der Waals surface area contributed by atoms with Gasteiger partial charge in [0.2, 0.25) is 5.91 Å². The number of nitrogens with zero attached hydrogens (tertiary/aromatic N) is 3. The summed E-state index contributed by atoms with van der Waals surface area (Å²) in [6.45, 7) is 5.70. The Balaban J connectivity index is 2.07. The fraction of sp³-hybridized carbons (Fsp3) is 0.706. The average molecular weight is 335 g/mol. The van der Waals surface area contributed by atoms with E-state index in [4.69, 9.17) is 5.73 Å². The fourth-order valence-corrected chi connectivity index (χ4v) is 3.20. The lowest BCUT2D eigenvalue weighted by atomic mass is 10.0. The topological polar surface area (TPSA) is 93.2 Å². The van der Waals surface area contributed by atoms with Gasteiger partial charge in [-0.05, 0) is 31.2 Å². The van der Waals surface area contributed by atoms with Crippen LogP contribution in [0.4, 0.5) is 0 Å². The number of hydrogen-bond acceptors (Lipinski definition) is 4. The molecule has 1 aliphatic heterocycles. The summed E-state index contributed by atoms with van der Waals surface area (Å²) < 4.78 is 1.78. The molecule has 0 radical (unpaired) electrons. The Labute approximate surface area is 143 Å². The van der Waals surface area contributed by atoms with Crippen LogP contribution in [0.15, 0.2) is 6.07 Å². The quantitative estimate of drug-likeness (QED) is 0.811. The van der Waals surface area contributed by atoms with E-state index in [1.807, 2.05) is 18.0 Å². The number of carbonyl (C=O) groups excluding carboxylic acids is 2. The van der Waals surface area contributed by atoms with Crippen molar-refractivity contribution in [1.29, 1.82) is 0 Å². The van der Waals surface area contributed by atoms with Crippen molar-refractivity contribution in [2.45, 2.75) is 51.5 Å². The highest BCUT2D eigenvalue weighted by Crippen LogP contribution is 2.21. The van der Waals surface area contributed by atoms with Gasteiger partial charge in [-0.1, -0.05) is 13.8 Å². The molecule has 1 saturated heterocycles. The van der Waals surface area contributed by atoms with Gasteiger partial charge in [0.25, 0.3) is 5.91 Å². The molecule has 2 rings (SSSR count). The van der Waals surface area contributed by atoms with Gasteiger partial charge in [-0.15, -0.1) is 0 Å². The van der Waals surface area contributed by atoms with E-state index < -0.39 is 0 Å². The Morgan fingerprint density at radius 2 is 2.17 bits per heavy atom. The number of hydrogen-bond donors (Lipinski definition) is 2. The van der Waals surface area contributed by atoms with Crippen molar-refractivity contribution in [1.82, 2.24) is 20.0 Å². The SMILES string of the molecule is CC(C)c1cc(C(=O)N2CCCCC2CNC(=O)CCN)nn1C. The van der Waals surface area contributed by atoms with E-state index >= 15 is 0 Å². The monoisotopic (exact) mass is 335 g/mol. The van der Waals surface area contributed by atoms with E-state index in [9.17, 15) is 9.59 Å². The van der Waals surface area contributed by atoms with E-state index in [1.54, 1.807) is 4.68 Å². The Bertz CT molecular complexity index is 582. The lowest BCUT2D eigenvalue weighted by molar-refractivity contribution is -0.121. The molecule has 1 atom stereocenters. The summed E-state index contributed by atoms with van der Waals surface area (Å²) in [6, 6.07) is 1.91. The molecule has 7 heteroatoms. The maximum absolute atomic E-state index is 12.9. The molecule has 7 nitrogen and oxygen atoms in total. The molecule has 0 aliphatic carbocycles. The van der Waals surface area contributed by atoms with Crippen molar-refractivity contribution in [2.24, 2.45) is 12.8 Å². The maximum Gasteiger partial charge on any atom is 0.274 e. The molecule has 1 aromatic heterocycles. The van der Waals surface area contributed by atoms with Gasteiger partial charge in [0, 0.05) is 44.8 Å².